The maximum Gasteiger partial charge on any atom is 0.148 e. The number of imidazole rings is 1. The van der Waals surface area contributed by atoms with Crippen LogP contribution in [-0.2, 0) is 17.9 Å². The zero-order valence-corrected chi connectivity index (χ0v) is 15.1. The zero-order valence-electron chi connectivity index (χ0n) is 13.6. The first-order chi connectivity index (χ1) is 12.2. The Morgan fingerprint density at radius 3 is 2.68 bits per heavy atom. The lowest BCUT2D eigenvalue weighted by molar-refractivity contribution is 0.0963. The van der Waals surface area contributed by atoms with E-state index in [9.17, 15) is 0 Å². The number of hydrogen-bond donors (Lipinski definition) is 0. The number of halogens is 2. The van der Waals surface area contributed by atoms with Crippen LogP contribution in [0.2, 0.25) is 10.0 Å². The second-order valence-corrected chi connectivity index (χ2v) is 7.02. The molecule has 0 radical (unpaired) electrons. The van der Waals surface area contributed by atoms with Crippen molar-refractivity contribution in [1.29, 1.82) is 0 Å². The molecule has 1 aliphatic heterocycles. The molecule has 0 saturated carbocycles. The Kier molecular flexibility index (Phi) is 4.84. The molecule has 0 spiro atoms. The quantitative estimate of drug-likeness (QED) is 0.621. The van der Waals surface area contributed by atoms with Crippen LogP contribution >= 0.6 is 23.2 Å². The zero-order chi connectivity index (χ0) is 17.2. The summed E-state index contributed by atoms with van der Waals surface area (Å²) in [5.41, 5.74) is 1.93. The predicted molar refractivity (Wildman–Crippen MR) is 99.5 cm³/mol. The highest BCUT2D eigenvalue weighted by Gasteiger charge is 2.20. The fourth-order valence-corrected chi connectivity index (χ4v) is 3.42. The van der Waals surface area contributed by atoms with Gasteiger partial charge in [-0.1, -0.05) is 23.2 Å². The highest BCUT2D eigenvalue weighted by Crippen LogP contribution is 2.25. The number of nitrogens with zero attached hydrogens (tertiary/aromatic N) is 2. The van der Waals surface area contributed by atoms with Gasteiger partial charge in [-0.15, -0.1) is 0 Å². The maximum absolute atomic E-state index is 6.19. The molecule has 1 atom stereocenters. The van der Waals surface area contributed by atoms with Gasteiger partial charge in [-0.2, -0.15) is 0 Å². The number of fused-ring (bicyclic) bond motifs is 1. The minimum Gasteiger partial charge on any atom is -0.486 e. The summed E-state index contributed by atoms with van der Waals surface area (Å²) in [5.74, 6) is 1.63. The van der Waals surface area contributed by atoms with Crippen LogP contribution in [0.3, 0.4) is 0 Å². The van der Waals surface area contributed by atoms with Crippen molar-refractivity contribution >= 4 is 34.2 Å². The van der Waals surface area contributed by atoms with E-state index in [-0.39, 0.29) is 6.10 Å². The van der Waals surface area contributed by atoms with Crippen molar-refractivity contribution < 1.29 is 9.47 Å². The largest absolute Gasteiger partial charge is 0.486 e. The van der Waals surface area contributed by atoms with E-state index in [0.717, 1.165) is 48.6 Å². The van der Waals surface area contributed by atoms with E-state index in [1.165, 1.54) is 0 Å². The molecule has 1 unspecified atom stereocenters. The minimum atomic E-state index is 0.214. The Balaban J connectivity index is 1.62. The number of ether oxygens (including phenoxy) is 2. The third-order valence-electron chi connectivity index (χ3n) is 4.38. The Bertz CT molecular complexity index is 871. The van der Waals surface area contributed by atoms with Crippen LogP contribution in [0, 0.1) is 0 Å². The lowest BCUT2D eigenvalue weighted by atomic mass is 10.2. The second-order valence-electron chi connectivity index (χ2n) is 6.15. The number of hydrogen-bond acceptors (Lipinski definition) is 3. The molecule has 1 saturated heterocycles. The van der Waals surface area contributed by atoms with Gasteiger partial charge in [-0.05, 0) is 55.3 Å². The fraction of sp³-hybridized carbons (Fsp3) is 0.316. The van der Waals surface area contributed by atoms with Crippen LogP contribution in [-0.4, -0.2) is 22.3 Å². The molecule has 4 rings (SSSR count). The standard InChI is InChI=1S/C19H18Cl2N2O2/c20-13-3-6-15(7-4-13)25-12-19-22-17-8-5-14(21)10-18(17)23(19)11-16-2-1-9-24-16/h3-8,10,16H,1-2,9,11-12H2. The molecule has 0 N–H and O–H groups in total. The van der Waals surface area contributed by atoms with Gasteiger partial charge >= 0.3 is 0 Å². The van der Waals surface area contributed by atoms with Gasteiger partial charge in [0.15, 0.2) is 0 Å². The first kappa shape index (κ1) is 16.7. The first-order valence-corrected chi connectivity index (χ1v) is 9.09. The summed E-state index contributed by atoms with van der Waals surface area (Å²) in [5, 5.41) is 1.39. The smallest absolute Gasteiger partial charge is 0.148 e. The number of aromatic nitrogens is 2. The molecule has 6 heteroatoms. The van der Waals surface area contributed by atoms with Crippen LogP contribution in [0.4, 0.5) is 0 Å². The molecule has 0 amide bonds. The fourth-order valence-electron chi connectivity index (χ4n) is 3.13. The summed E-state index contributed by atoms with van der Waals surface area (Å²) in [7, 11) is 0. The molecule has 25 heavy (non-hydrogen) atoms. The normalized spacial score (nSPS) is 17.3. The van der Waals surface area contributed by atoms with Gasteiger partial charge < -0.3 is 14.0 Å². The molecule has 3 aromatic rings. The van der Waals surface area contributed by atoms with Crippen LogP contribution < -0.4 is 4.74 Å². The molecular weight excluding hydrogens is 359 g/mol. The van der Waals surface area contributed by atoms with Gasteiger partial charge in [0.2, 0.25) is 0 Å². The lowest BCUT2D eigenvalue weighted by Gasteiger charge is -2.14. The molecule has 4 nitrogen and oxygen atoms in total. The molecule has 1 aromatic heterocycles. The summed E-state index contributed by atoms with van der Waals surface area (Å²) < 4.78 is 13.9. The van der Waals surface area contributed by atoms with E-state index in [2.05, 4.69) is 4.57 Å². The van der Waals surface area contributed by atoms with Crippen molar-refractivity contribution in [3.8, 4) is 5.75 Å². The van der Waals surface area contributed by atoms with E-state index in [4.69, 9.17) is 37.7 Å². The van der Waals surface area contributed by atoms with E-state index < -0.39 is 0 Å². The van der Waals surface area contributed by atoms with Crippen molar-refractivity contribution in [1.82, 2.24) is 9.55 Å². The van der Waals surface area contributed by atoms with E-state index in [1.54, 1.807) is 0 Å². The van der Waals surface area contributed by atoms with Gasteiger partial charge in [0.05, 0.1) is 23.7 Å². The highest BCUT2D eigenvalue weighted by atomic mass is 35.5. The number of benzene rings is 2. The predicted octanol–water partition coefficient (Wildman–Crippen LogP) is 5.10. The van der Waals surface area contributed by atoms with Crippen molar-refractivity contribution in [2.75, 3.05) is 6.61 Å². The van der Waals surface area contributed by atoms with Gasteiger partial charge in [0.1, 0.15) is 18.2 Å². The summed E-state index contributed by atoms with van der Waals surface area (Å²) in [6.45, 7) is 1.96. The average Bonchev–Trinajstić information content (AvgIpc) is 3.23. The van der Waals surface area contributed by atoms with Crippen LogP contribution in [0.1, 0.15) is 18.7 Å². The maximum atomic E-state index is 6.19. The summed E-state index contributed by atoms with van der Waals surface area (Å²) in [4.78, 5) is 4.73. The van der Waals surface area contributed by atoms with Gasteiger partial charge in [0.25, 0.3) is 0 Å². The highest BCUT2D eigenvalue weighted by molar-refractivity contribution is 6.31. The summed E-state index contributed by atoms with van der Waals surface area (Å²) >= 11 is 12.1. The average molecular weight is 377 g/mol. The Morgan fingerprint density at radius 2 is 1.92 bits per heavy atom. The molecule has 2 heterocycles. The van der Waals surface area contributed by atoms with E-state index in [1.807, 2.05) is 42.5 Å². The summed E-state index contributed by atoms with van der Waals surface area (Å²) in [6, 6.07) is 13.1. The third kappa shape index (κ3) is 3.76. The van der Waals surface area contributed by atoms with Gasteiger partial charge in [0, 0.05) is 16.7 Å². The van der Waals surface area contributed by atoms with Crippen molar-refractivity contribution in [3.05, 3.63) is 58.3 Å². The molecule has 1 aliphatic rings. The SMILES string of the molecule is Clc1ccc(OCc2nc3ccc(Cl)cc3n2CC2CCCO2)cc1. The molecule has 0 bridgehead atoms. The summed E-state index contributed by atoms with van der Waals surface area (Å²) in [6.07, 6.45) is 2.39. The molecule has 1 fully saturated rings. The third-order valence-corrected chi connectivity index (χ3v) is 4.87. The Labute approximate surface area is 156 Å². The Hall–Kier alpha value is -1.75. The first-order valence-electron chi connectivity index (χ1n) is 8.34. The molecule has 130 valence electrons. The monoisotopic (exact) mass is 376 g/mol. The number of rotatable bonds is 5. The minimum absolute atomic E-state index is 0.214. The van der Waals surface area contributed by atoms with Gasteiger partial charge in [-0.25, -0.2) is 4.98 Å². The van der Waals surface area contributed by atoms with Crippen LogP contribution in [0.15, 0.2) is 42.5 Å². The lowest BCUT2D eigenvalue weighted by Crippen LogP contribution is -2.18. The van der Waals surface area contributed by atoms with E-state index in [0.29, 0.717) is 16.7 Å². The van der Waals surface area contributed by atoms with Gasteiger partial charge in [-0.3, -0.25) is 0 Å². The van der Waals surface area contributed by atoms with Crippen LogP contribution in [0.25, 0.3) is 11.0 Å². The Morgan fingerprint density at radius 1 is 1.12 bits per heavy atom. The van der Waals surface area contributed by atoms with Crippen molar-refractivity contribution in [2.24, 2.45) is 0 Å². The molecule has 0 aliphatic carbocycles. The second kappa shape index (κ2) is 7.24. The van der Waals surface area contributed by atoms with Crippen molar-refractivity contribution in [3.63, 3.8) is 0 Å². The van der Waals surface area contributed by atoms with Crippen molar-refractivity contribution in [2.45, 2.75) is 32.1 Å². The topological polar surface area (TPSA) is 36.3 Å². The van der Waals surface area contributed by atoms with Crippen LogP contribution in [0.5, 0.6) is 5.75 Å². The molecular formula is C19H18Cl2N2O2. The molecule has 2 aromatic carbocycles. The van der Waals surface area contributed by atoms with E-state index >= 15 is 0 Å².